The van der Waals surface area contributed by atoms with Gasteiger partial charge in [0, 0.05) is 0 Å². The Bertz CT molecular complexity index is 233. The molecule has 0 aliphatic carbocycles. The molecule has 1 aromatic carbocycles. The van der Waals surface area contributed by atoms with Crippen LogP contribution in [0.15, 0.2) is 24.3 Å². The summed E-state index contributed by atoms with van der Waals surface area (Å²) in [4.78, 5) is 0. The van der Waals surface area contributed by atoms with Crippen LogP contribution in [-0.2, 0) is 2.14 Å². The van der Waals surface area contributed by atoms with Crippen LogP contribution in [0.25, 0.3) is 0 Å². The fraction of sp³-hybridized carbons (Fsp3) is 0.125. The lowest BCUT2D eigenvalue weighted by molar-refractivity contribution is 1.36. The van der Waals surface area contributed by atoms with Crippen molar-refractivity contribution in [1.82, 2.24) is 0 Å². The van der Waals surface area contributed by atoms with Gasteiger partial charge in [-0.3, -0.25) is 0 Å². The lowest BCUT2D eigenvalue weighted by atomic mass is 10.2. The Morgan fingerprint density at radius 2 is 1.45 bits per heavy atom. The van der Waals surface area contributed by atoms with Crippen molar-refractivity contribution in [3.8, 4) is 0 Å². The molecule has 0 fully saturated rings. The van der Waals surface area contributed by atoms with Gasteiger partial charge in [-0.25, -0.2) is 0 Å². The van der Waals surface area contributed by atoms with Crippen molar-refractivity contribution < 1.29 is 0 Å². The highest BCUT2D eigenvalue weighted by Gasteiger charge is 2.19. The molecular formula is C8H6Br3. The average Bonchev–Trinajstić information content (AvgIpc) is 1.86. The molecule has 0 N–H and O–H groups in total. The topological polar surface area (TPSA) is 0 Å². The summed E-state index contributed by atoms with van der Waals surface area (Å²) in [5, 5.41) is 0. The van der Waals surface area contributed by atoms with E-state index in [1.807, 2.05) is 24.3 Å². The molecule has 59 valence electrons. The van der Waals surface area contributed by atoms with Gasteiger partial charge in [-0.1, -0.05) is 72.1 Å². The molecule has 0 aromatic heterocycles. The number of benzene rings is 1. The molecule has 0 saturated carbocycles. The molecular weight excluding hydrogens is 336 g/mol. The van der Waals surface area contributed by atoms with Crippen molar-refractivity contribution in [3.63, 3.8) is 0 Å². The van der Waals surface area contributed by atoms with Crippen LogP contribution in [0.4, 0.5) is 0 Å². The highest BCUT2D eigenvalue weighted by molar-refractivity contribution is 9.38. The van der Waals surface area contributed by atoms with Crippen molar-refractivity contribution >= 4 is 47.8 Å². The maximum atomic E-state index is 3.80. The zero-order chi connectivity index (χ0) is 8.48. The summed E-state index contributed by atoms with van der Waals surface area (Å²) >= 11 is 10.3. The molecule has 0 spiro atoms. The monoisotopic (exact) mass is 339 g/mol. The van der Waals surface area contributed by atoms with E-state index in [2.05, 4.69) is 54.7 Å². The third-order valence-electron chi connectivity index (χ3n) is 1.28. The van der Waals surface area contributed by atoms with Crippen molar-refractivity contribution in [2.24, 2.45) is 0 Å². The molecule has 3 heteroatoms. The number of hydrogen-bond donors (Lipinski definition) is 0. The molecule has 1 aromatic rings. The predicted molar refractivity (Wildman–Crippen MR) is 59.4 cm³/mol. The molecule has 0 saturated heterocycles. The first-order chi connectivity index (χ1) is 5.00. The Balaban J connectivity index is 2.99. The summed E-state index contributed by atoms with van der Waals surface area (Å²) in [6, 6.07) is 7.93. The second-order valence-corrected chi connectivity index (χ2v) is 8.96. The summed E-state index contributed by atoms with van der Waals surface area (Å²) in [6.45, 7) is 3.80. The maximum absolute atomic E-state index is 3.80. The molecule has 0 unspecified atom stereocenters. The van der Waals surface area contributed by atoms with Crippen LogP contribution in [0, 0.1) is 6.92 Å². The molecule has 11 heavy (non-hydrogen) atoms. The van der Waals surface area contributed by atoms with Gasteiger partial charge < -0.3 is 0 Å². The molecule has 1 radical (unpaired) electrons. The van der Waals surface area contributed by atoms with Crippen molar-refractivity contribution in [1.29, 1.82) is 0 Å². The SMILES string of the molecule is [CH2]c1ccc(C(Br)(Br)Br)cc1. The Kier molecular flexibility index (Phi) is 3.18. The second kappa shape index (κ2) is 3.58. The summed E-state index contributed by atoms with van der Waals surface area (Å²) in [5.74, 6) is 0. The van der Waals surface area contributed by atoms with Gasteiger partial charge >= 0.3 is 0 Å². The zero-order valence-corrected chi connectivity index (χ0v) is 10.4. The molecule has 0 bridgehead atoms. The summed E-state index contributed by atoms with van der Waals surface area (Å²) in [5.41, 5.74) is 2.13. The fourth-order valence-corrected chi connectivity index (χ4v) is 1.49. The van der Waals surface area contributed by atoms with Crippen LogP contribution in [0.3, 0.4) is 0 Å². The van der Waals surface area contributed by atoms with Crippen LogP contribution in [0.5, 0.6) is 0 Å². The van der Waals surface area contributed by atoms with Gasteiger partial charge in [0.2, 0.25) is 0 Å². The molecule has 0 atom stereocenters. The van der Waals surface area contributed by atoms with Gasteiger partial charge in [0.1, 0.15) is 0 Å². The summed E-state index contributed by atoms with van der Waals surface area (Å²) in [6.07, 6.45) is 0. The molecule has 0 nitrogen and oxygen atoms in total. The highest BCUT2D eigenvalue weighted by atomic mass is 80.0. The normalized spacial score (nSPS) is 11.6. The van der Waals surface area contributed by atoms with E-state index in [-0.39, 0.29) is 2.14 Å². The number of hydrogen-bond acceptors (Lipinski definition) is 0. The average molecular weight is 342 g/mol. The summed E-state index contributed by atoms with van der Waals surface area (Å²) < 4.78 is -0.305. The number of rotatable bonds is 0. The predicted octanol–water partition coefficient (Wildman–Crippen LogP) is 4.16. The van der Waals surface area contributed by atoms with Crippen molar-refractivity contribution in [2.75, 3.05) is 0 Å². The quantitative estimate of drug-likeness (QED) is 0.621. The molecule has 1 rings (SSSR count). The standard InChI is InChI=1S/C8H6Br3/c1-6-2-4-7(5-3-6)8(9,10)11/h2-5H,1H2. The van der Waals surface area contributed by atoms with Crippen molar-refractivity contribution in [2.45, 2.75) is 2.14 Å². The van der Waals surface area contributed by atoms with E-state index >= 15 is 0 Å². The first-order valence-corrected chi connectivity index (χ1v) is 5.37. The van der Waals surface area contributed by atoms with Crippen LogP contribution >= 0.6 is 47.8 Å². The van der Waals surface area contributed by atoms with E-state index in [0.29, 0.717) is 0 Å². The van der Waals surface area contributed by atoms with E-state index in [4.69, 9.17) is 0 Å². The van der Waals surface area contributed by atoms with Gasteiger partial charge in [-0.2, -0.15) is 0 Å². The van der Waals surface area contributed by atoms with Crippen molar-refractivity contribution in [3.05, 3.63) is 42.3 Å². The van der Waals surface area contributed by atoms with E-state index in [0.717, 1.165) is 11.1 Å². The van der Waals surface area contributed by atoms with Gasteiger partial charge in [0.15, 0.2) is 2.14 Å². The Morgan fingerprint density at radius 1 is 1.00 bits per heavy atom. The Morgan fingerprint density at radius 3 is 1.82 bits per heavy atom. The minimum absolute atomic E-state index is 0.305. The van der Waals surface area contributed by atoms with E-state index in [1.54, 1.807) is 0 Å². The van der Waals surface area contributed by atoms with Gasteiger partial charge in [-0.15, -0.1) is 0 Å². The third kappa shape index (κ3) is 2.88. The third-order valence-corrected chi connectivity index (χ3v) is 2.65. The van der Waals surface area contributed by atoms with Gasteiger partial charge in [-0.05, 0) is 18.1 Å². The van der Waals surface area contributed by atoms with Gasteiger partial charge in [0.25, 0.3) is 0 Å². The first-order valence-electron chi connectivity index (χ1n) is 2.99. The van der Waals surface area contributed by atoms with Crippen LogP contribution < -0.4 is 0 Å². The molecule has 0 heterocycles. The molecule has 0 aliphatic rings. The molecule has 0 amide bonds. The maximum Gasteiger partial charge on any atom is 0.159 e. The lowest BCUT2D eigenvalue weighted by Crippen LogP contribution is -1.96. The Labute approximate surface area is 91.8 Å². The second-order valence-electron chi connectivity index (χ2n) is 2.19. The van der Waals surface area contributed by atoms with Crippen LogP contribution in [-0.4, -0.2) is 0 Å². The minimum atomic E-state index is -0.305. The van der Waals surface area contributed by atoms with E-state index in [9.17, 15) is 0 Å². The minimum Gasteiger partial charge on any atom is -0.0586 e. The first kappa shape index (κ1) is 9.75. The van der Waals surface area contributed by atoms with Crippen LogP contribution in [0.1, 0.15) is 11.1 Å². The van der Waals surface area contributed by atoms with Gasteiger partial charge in [0.05, 0.1) is 0 Å². The molecule has 0 aliphatic heterocycles. The number of halogens is 3. The van der Waals surface area contributed by atoms with E-state index in [1.165, 1.54) is 0 Å². The largest absolute Gasteiger partial charge is 0.159 e. The fourth-order valence-electron chi connectivity index (χ4n) is 0.694. The highest BCUT2D eigenvalue weighted by Crippen LogP contribution is 2.44. The summed E-state index contributed by atoms with van der Waals surface area (Å²) in [7, 11) is 0. The Hall–Kier alpha value is 0.660. The van der Waals surface area contributed by atoms with Crippen LogP contribution in [0.2, 0.25) is 0 Å². The smallest absolute Gasteiger partial charge is 0.0586 e. The lowest BCUT2D eigenvalue weighted by Gasteiger charge is -2.11. The zero-order valence-electron chi connectivity index (χ0n) is 5.65. The van der Waals surface area contributed by atoms with E-state index < -0.39 is 0 Å². The number of alkyl halides is 3.